The number of hydrogen-bond acceptors (Lipinski definition) is 5. The van der Waals surface area contributed by atoms with Crippen LogP contribution in [0.15, 0.2) is 71.7 Å². The first-order valence-electron chi connectivity index (χ1n) is 11.2. The maximum Gasteiger partial charge on any atom is 0.244 e. The summed E-state index contributed by atoms with van der Waals surface area (Å²) in [5, 5.41) is 2.94. The predicted molar refractivity (Wildman–Crippen MR) is 131 cm³/mol. The highest BCUT2D eigenvalue weighted by Crippen LogP contribution is 2.17. The van der Waals surface area contributed by atoms with Gasteiger partial charge in [-0.25, -0.2) is 0 Å². The molecule has 7 nitrogen and oxygen atoms in total. The van der Waals surface area contributed by atoms with Crippen LogP contribution in [0, 0.1) is 6.92 Å². The number of aromatic nitrogens is 1. The summed E-state index contributed by atoms with van der Waals surface area (Å²) < 4.78 is 7.04. The summed E-state index contributed by atoms with van der Waals surface area (Å²) in [6.07, 6.45) is 1.63. The molecule has 0 bridgehead atoms. The fourth-order valence-corrected chi connectivity index (χ4v) is 4.14. The highest BCUT2D eigenvalue weighted by Gasteiger charge is 2.19. The third-order valence-electron chi connectivity index (χ3n) is 5.90. The van der Waals surface area contributed by atoms with Gasteiger partial charge in [0.25, 0.3) is 0 Å². The van der Waals surface area contributed by atoms with Gasteiger partial charge in [0.05, 0.1) is 13.3 Å². The van der Waals surface area contributed by atoms with Gasteiger partial charge in [0, 0.05) is 55.9 Å². The molecule has 0 unspecified atom stereocenters. The maximum absolute atomic E-state index is 12.8. The average molecular weight is 447 g/mol. The zero-order valence-corrected chi connectivity index (χ0v) is 19.2. The van der Waals surface area contributed by atoms with E-state index in [1.807, 2.05) is 41.8 Å². The molecule has 3 aromatic rings. The van der Waals surface area contributed by atoms with Gasteiger partial charge in [-0.15, -0.1) is 0 Å². The molecule has 0 aliphatic carbocycles. The normalized spacial score (nSPS) is 14.2. The lowest BCUT2D eigenvalue weighted by Gasteiger charge is -2.36. The van der Waals surface area contributed by atoms with E-state index in [1.54, 1.807) is 12.3 Å². The summed E-state index contributed by atoms with van der Waals surface area (Å²) in [5.41, 5.74) is 3.69. The zero-order valence-electron chi connectivity index (χ0n) is 19.2. The van der Waals surface area contributed by atoms with E-state index in [-0.39, 0.29) is 23.6 Å². The summed E-state index contributed by atoms with van der Waals surface area (Å²) in [4.78, 5) is 29.9. The Morgan fingerprint density at radius 2 is 1.76 bits per heavy atom. The molecule has 0 radical (unpaired) electrons. The highest BCUT2D eigenvalue weighted by molar-refractivity contribution is 5.90. The number of anilines is 2. The largest absolute Gasteiger partial charge is 0.491 e. The monoisotopic (exact) mass is 446 g/mol. The Bertz CT molecular complexity index is 1150. The molecule has 172 valence electrons. The first kappa shape index (κ1) is 22.6. The number of rotatable bonds is 7. The predicted octanol–water partition coefficient (Wildman–Crippen LogP) is 3.13. The van der Waals surface area contributed by atoms with E-state index in [9.17, 15) is 9.59 Å². The van der Waals surface area contributed by atoms with Gasteiger partial charge in [0.15, 0.2) is 5.75 Å². The number of hydrogen-bond donors (Lipinski definition) is 1. The fraction of sp³-hybridized carbons (Fsp3) is 0.308. The molecule has 1 amide bonds. The van der Waals surface area contributed by atoms with Gasteiger partial charge in [-0.05, 0) is 36.8 Å². The third-order valence-corrected chi connectivity index (χ3v) is 5.90. The third kappa shape index (κ3) is 5.81. The molecule has 33 heavy (non-hydrogen) atoms. The number of methoxy groups -OCH3 is 1. The van der Waals surface area contributed by atoms with Crippen LogP contribution in [0.1, 0.15) is 11.3 Å². The molecule has 0 atom stereocenters. The number of nitrogens with one attached hydrogen (secondary N) is 1. The molecule has 7 heteroatoms. The number of ether oxygens (including phenoxy) is 1. The molecule has 0 saturated carbocycles. The van der Waals surface area contributed by atoms with Crippen molar-refractivity contribution in [1.82, 2.24) is 9.47 Å². The van der Waals surface area contributed by atoms with E-state index in [2.05, 4.69) is 39.4 Å². The van der Waals surface area contributed by atoms with Crippen LogP contribution >= 0.6 is 0 Å². The topological polar surface area (TPSA) is 66.8 Å². The minimum absolute atomic E-state index is 0.101. The van der Waals surface area contributed by atoms with Gasteiger partial charge in [-0.1, -0.05) is 30.3 Å². The summed E-state index contributed by atoms with van der Waals surface area (Å²) in [5.74, 6) is 0.0810. The van der Waals surface area contributed by atoms with Crippen LogP contribution in [-0.4, -0.2) is 48.7 Å². The Labute approximate surface area is 194 Å². The van der Waals surface area contributed by atoms with Crippen LogP contribution in [0.3, 0.4) is 0 Å². The minimum Gasteiger partial charge on any atom is -0.491 e. The number of piperazine rings is 1. The van der Waals surface area contributed by atoms with Crippen molar-refractivity contribution < 1.29 is 9.53 Å². The van der Waals surface area contributed by atoms with Gasteiger partial charge in [-0.2, -0.15) is 0 Å². The fourth-order valence-electron chi connectivity index (χ4n) is 4.14. The van der Waals surface area contributed by atoms with Gasteiger partial charge in [0.2, 0.25) is 11.3 Å². The van der Waals surface area contributed by atoms with Crippen molar-refractivity contribution in [3.63, 3.8) is 0 Å². The van der Waals surface area contributed by atoms with Crippen LogP contribution in [-0.2, 0) is 17.9 Å². The van der Waals surface area contributed by atoms with Gasteiger partial charge < -0.3 is 19.5 Å². The Kier molecular flexibility index (Phi) is 7.10. The van der Waals surface area contributed by atoms with Crippen molar-refractivity contribution in [2.24, 2.45) is 0 Å². The van der Waals surface area contributed by atoms with Gasteiger partial charge in [0.1, 0.15) is 6.54 Å². The Morgan fingerprint density at radius 1 is 1.00 bits per heavy atom. The first-order valence-corrected chi connectivity index (χ1v) is 11.2. The number of nitrogens with zero attached hydrogens (tertiary/aromatic N) is 3. The second-order valence-corrected chi connectivity index (χ2v) is 8.34. The highest BCUT2D eigenvalue weighted by atomic mass is 16.5. The molecule has 1 aromatic heterocycles. The Balaban J connectivity index is 1.45. The molecule has 2 aromatic carbocycles. The van der Waals surface area contributed by atoms with E-state index in [0.29, 0.717) is 6.54 Å². The summed E-state index contributed by atoms with van der Waals surface area (Å²) in [7, 11) is 1.47. The van der Waals surface area contributed by atoms with E-state index >= 15 is 0 Å². The number of pyridine rings is 1. The number of amides is 1. The molecule has 1 aliphatic rings. The van der Waals surface area contributed by atoms with Crippen LogP contribution in [0.2, 0.25) is 0 Å². The SMILES string of the molecule is COc1cn(CC(=O)Nc2cccc(C)c2)c(CN2CCN(c3ccccc3)CC2)cc1=O. The smallest absolute Gasteiger partial charge is 0.244 e. The molecule has 0 spiro atoms. The molecule has 4 rings (SSSR count). The standard InChI is InChI=1S/C26H30N4O3/c1-20-7-6-8-21(15-20)27-26(32)19-30-18-25(33-2)24(31)16-23(30)17-28-11-13-29(14-12-28)22-9-4-3-5-10-22/h3-10,15-16,18H,11-14,17,19H2,1-2H3,(H,27,32). The number of benzene rings is 2. The molecule has 2 heterocycles. The summed E-state index contributed by atoms with van der Waals surface area (Å²) in [6.45, 7) is 6.27. The second-order valence-electron chi connectivity index (χ2n) is 8.34. The van der Waals surface area contributed by atoms with Crippen molar-refractivity contribution in [2.45, 2.75) is 20.0 Å². The molecular formula is C26H30N4O3. The van der Waals surface area contributed by atoms with Crippen LogP contribution < -0.4 is 20.4 Å². The number of aryl methyl sites for hydroxylation is 1. The van der Waals surface area contributed by atoms with Crippen molar-refractivity contribution in [1.29, 1.82) is 0 Å². The van der Waals surface area contributed by atoms with Crippen molar-refractivity contribution in [3.05, 3.63) is 88.3 Å². The molecule has 1 N–H and O–H groups in total. The van der Waals surface area contributed by atoms with Crippen LogP contribution in [0.5, 0.6) is 5.75 Å². The molecular weight excluding hydrogens is 416 g/mol. The van der Waals surface area contributed by atoms with E-state index < -0.39 is 0 Å². The van der Waals surface area contributed by atoms with E-state index in [0.717, 1.165) is 43.1 Å². The first-order chi connectivity index (χ1) is 16.0. The lowest BCUT2D eigenvalue weighted by Crippen LogP contribution is -2.46. The lowest BCUT2D eigenvalue weighted by molar-refractivity contribution is -0.116. The number of carbonyl (C=O) groups is 1. The van der Waals surface area contributed by atoms with Crippen molar-refractivity contribution in [2.75, 3.05) is 43.5 Å². The number of para-hydroxylation sites is 1. The molecule has 1 saturated heterocycles. The summed E-state index contributed by atoms with van der Waals surface area (Å²) >= 11 is 0. The van der Waals surface area contributed by atoms with E-state index in [1.165, 1.54) is 12.8 Å². The number of carbonyl (C=O) groups excluding carboxylic acids is 1. The summed E-state index contributed by atoms with van der Waals surface area (Å²) in [6, 6.07) is 19.7. The maximum atomic E-state index is 12.8. The lowest BCUT2D eigenvalue weighted by atomic mass is 10.2. The molecule has 1 fully saturated rings. The zero-order chi connectivity index (χ0) is 23.2. The quantitative estimate of drug-likeness (QED) is 0.604. The van der Waals surface area contributed by atoms with Gasteiger partial charge in [-0.3, -0.25) is 14.5 Å². The Hall–Kier alpha value is -3.58. The van der Waals surface area contributed by atoms with Crippen molar-refractivity contribution in [3.8, 4) is 5.75 Å². The molecule has 1 aliphatic heterocycles. The van der Waals surface area contributed by atoms with Crippen molar-refractivity contribution >= 4 is 17.3 Å². The van der Waals surface area contributed by atoms with Crippen LogP contribution in [0.4, 0.5) is 11.4 Å². The van der Waals surface area contributed by atoms with Crippen LogP contribution in [0.25, 0.3) is 0 Å². The minimum atomic E-state index is -0.175. The Morgan fingerprint density at radius 3 is 2.45 bits per heavy atom. The second kappa shape index (κ2) is 10.4. The van der Waals surface area contributed by atoms with E-state index in [4.69, 9.17) is 4.74 Å². The van der Waals surface area contributed by atoms with Gasteiger partial charge >= 0.3 is 0 Å². The average Bonchev–Trinajstić information content (AvgIpc) is 2.82.